The zero-order valence-electron chi connectivity index (χ0n) is 9.20. The highest BCUT2D eigenvalue weighted by atomic mass is 79.9. The summed E-state index contributed by atoms with van der Waals surface area (Å²) < 4.78 is 0.987. The number of ketones is 2. The van der Waals surface area contributed by atoms with Crippen molar-refractivity contribution in [3.63, 3.8) is 0 Å². The first-order valence-electron chi connectivity index (χ1n) is 5.45. The minimum Gasteiger partial charge on any atom is -0.361 e. The van der Waals surface area contributed by atoms with E-state index in [-0.39, 0.29) is 11.6 Å². The van der Waals surface area contributed by atoms with Crippen molar-refractivity contribution >= 4 is 33.2 Å². The summed E-state index contributed by atoms with van der Waals surface area (Å²) in [4.78, 5) is 23.1. The molecule has 0 atom stereocenters. The normalized spacial score (nSPS) is 15.9. The van der Waals surface area contributed by atoms with Gasteiger partial charge in [0.2, 0.25) is 0 Å². The largest absolute Gasteiger partial charge is 0.361 e. The summed E-state index contributed by atoms with van der Waals surface area (Å²) in [6.45, 7) is 0. The average molecular weight is 294 g/mol. The number of Topliss-reactive ketones (excluding diaryl/α,β-unsaturated/α-hetero) is 2. The van der Waals surface area contributed by atoms with Crippen molar-refractivity contribution in [1.29, 1.82) is 0 Å². The first-order valence-corrected chi connectivity index (χ1v) is 6.25. The van der Waals surface area contributed by atoms with Gasteiger partial charge in [0.05, 0.1) is 5.57 Å². The molecule has 88 valence electrons. The maximum atomic E-state index is 11.5. The van der Waals surface area contributed by atoms with E-state index in [2.05, 4.69) is 21.2 Å². The van der Waals surface area contributed by atoms with Crippen molar-refractivity contribution in [3.05, 3.63) is 40.5 Å². The van der Waals surface area contributed by atoms with Crippen LogP contribution in [-0.4, -0.2) is 11.6 Å². The molecule has 1 aromatic carbocycles. The molecule has 0 amide bonds. The first kappa shape index (κ1) is 12.0. The monoisotopic (exact) mass is 293 g/mol. The van der Waals surface area contributed by atoms with Gasteiger partial charge in [0.1, 0.15) is 0 Å². The van der Waals surface area contributed by atoms with Gasteiger partial charge in [-0.25, -0.2) is 0 Å². The SMILES string of the molecule is O=C1CCCC(=O)C1=CNc1ccc(Br)cc1. The third-order valence-corrected chi connectivity index (χ3v) is 3.16. The van der Waals surface area contributed by atoms with Gasteiger partial charge in [-0.1, -0.05) is 15.9 Å². The van der Waals surface area contributed by atoms with Gasteiger partial charge in [-0.15, -0.1) is 0 Å². The number of nitrogens with one attached hydrogen (secondary N) is 1. The van der Waals surface area contributed by atoms with Crippen LogP contribution in [0, 0.1) is 0 Å². The molecule has 1 aliphatic carbocycles. The van der Waals surface area contributed by atoms with Crippen LogP contribution < -0.4 is 5.32 Å². The van der Waals surface area contributed by atoms with E-state index in [0.717, 1.165) is 10.2 Å². The van der Waals surface area contributed by atoms with Gasteiger partial charge in [0, 0.05) is 29.2 Å². The predicted molar refractivity (Wildman–Crippen MR) is 69.7 cm³/mol. The Labute approximate surface area is 108 Å². The molecule has 1 saturated carbocycles. The number of anilines is 1. The predicted octanol–water partition coefficient (Wildman–Crippen LogP) is 3.07. The standard InChI is InChI=1S/C13H12BrNO2/c14-9-4-6-10(7-5-9)15-8-11-12(16)2-1-3-13(11)17/h4-8,15H,1-3H2. The Morgan fingerprint density at radius 1 is 1.06 bits per heavy atom. The number of hydrogen-bond acceptors (Lipinski definition) is 3. The van der Waals surface area contributed by atoms with Crippen molar-refractivity contribution < 1.29 is 9.59 Å². The van der Waals surface area contributed by atoms with Crippen LogP contribution in [0.4, 0.5) is 5.69 Å². The van der Waals surface area contributed by atoms with E-state index < -0.39 is 0 Å². The fraction of sp³-hybridized carbons (Fsp3) is 0.231. The van der Waals surface area contributed by atoms with E-state index in [4.69, 9.17) is 0 Å². The lowest BCUT2D eigenvalue weighted by molar-refractivity contribution is -0.123. The van der Waals surface area contributed by atoms with Crippen molar-refractivity contribution in [2.45, 2.75) is 19.3 Å². The number of carbonyl (C=O) groups is 2. The van der Waals surface area contributed by atoms with Gasteiger partial charge in [0.15, 0.2) is 11.6 Å². The molecule has 0 radical (unpaired) electrons. The number of benzene rings is 1. The Morgan fingerprint density at radius 2 is 1.65 bits per heavy atom. The minimum atomic E-state index is -0.0640. The highest BCUT2D eigenvalue weighted by Crippen LogP contribution is 2.18. The number of carbonyl (C=O) groups excluding carboxylic acids is 2. The molecule has 17 heavy (non-hydrogen) atoms. The second-order valence-corrected chi connectivity index (χ2v) is 4.82. The summed E-state index contributed by atoms with van der Waals surface area (Å²) in [6.07, 6.45) is 3.14. The van der Waals surface area contributed by atoms with Crippen LogP contribution in [0.5, 0.6) is 0 Å². The molecule has 3 nitrogen and oxygen atoms in total. The smallest absolute Gasteiger partial charge is 0.167 e. The van der Waals surface area contributed by atoms with Crippen LogP contribution in [0.15, 0.2) is 40.5 Å². The van der Waals surface area contributed by atoms with Crippen molar-refractivity contribution in [2.24, 2.45) is 0 Å². The number of halogens is 1. The molecule has 0 heterocycles. The lowest BCUT2D eigenvalue weighted by Crippen LogP contribution is -2.19. The van der Waals surface area contributed by atoms with Gasteiger partial charge in [0.25, 0.3) is 0 Å². The van der Waals surface area contributed by atoms with E-state index in [1.165, 1.54) is 6.20 Å². The molecule has 2 rings (SSSR count). The van der Waals surface area contributed by atoms with Gasteiger partial charge in [-0.2, -0.15) is 0 Å². The summed E-state index contributed by atoms with van der Waals surface area (Å²) in [5, 5.41) is 2.98. The second-order valence-electron chi connectivity index (χ2n) is 3.91. The lowest BCUT2D eigenvalue weighted by atomic mass is 9.93. The molecule has 1 aromatic rings. The summed E-state index contributed by atoms with van der Waals surface area (Å²) in [5.74, 6) is -0.128. The van der Waals surface area contributed by atoms with E-state index in [1.54, 1.807) is 0 Å². The molecule has 0 aromatic heterocycles. The molecule has 0 bridgehead atoms. The maximum absolute atomic E-state index is 11.5. The Hall–Kier alpha value is -1.42. The van der Waals surface area contributed by atoms with Crippen LogP contribution in [-0.2, 0) is 9.59 Å². The van der Waals surface area contributed by atoms with Crippen molar-refractivity contribution in [2.75, 3.05) is 5.32 Å². The molecule has 1 aliphatic rings. The molecule has 0 unspecified atom stereocenters. The maximum Gasteiger partial charge on any atom is 0.167 e. The molecular weight excluding hydrogens is 282 g/mol. The van der Waals surface area contributed by atoms with Crippen LogP contribution >= 0.6 is 15.9 Å². The molecule has 0 saturated heterocycles. The Kier molecular flexibility index (Phi) is 3.74. The second kappa shape index (κ2) is 5.27. The summed E-state index contributed by atoms with van der Waals surface area (Å²) in [6, 6.07) is 7.54. The van der Waals surface area contributed by atoms with Crippen LogP contribution in [0.1, 0.15) is 19.3 Å². The summed E-state index contributed by atoms with van der Waals surface area (Å²) >= 11 is 3.34. The Bertz CT molecular complexity index is 459. The Morgan fingerprint density at radius 3 is 2.24 bits per heavy atom. The van der Waals surface area contributed by atoms with Gasteiger partial charge in [-0.05, 0) is 30.7 Å². The fourth-order valence-corrected chi connectivity index (χ4v) is 1.96. The highest BCUT2D eigenvalue weighted by Gasteiger charge is 2.22. The van der Waals surface area contributed by atoms with Crippen molar-refractivity contribution in [3.8, 4) is 0 Å². The van der Waals surface area contributed by atoms with E-state index >= 15 is 0 Å². The Balaban J connectivity index is 2.11. The zero-order valence-corrected chi connectivity index (χ0v) is 10.8. The molecule has 0 spiro atoms. The van der Waals surface area contributed by atoms with E-state index in [9.17, 15) is 9.59 Å². The minimum absolute atomic E-state index is 0.0640. The molecule has 4 heteroatoms. The topological polar surface area (TPSA) is 46.2 Å². The van der Waals surface area contributed by atoms with E-state index in [0.29, 0.717) is 24.8 Å². The third-order valence-electron chi connectivity index (χ3n) is 2.64. The molecule has 1 fully saturated rings. The van der Waals surface area contributed by atoms with Crippen LogP contribution in [0.3, 0.4) is 0 Å². The highest BCUT2D eigenvalue weighted by molar-refractivity contribution is 9.10. The van der Waals surface area contributed by atoms with Gasteiger partial charge >= 0.3 is 0 Å². The van der Waals surface area contributed by atoms with Crippen molar-refractivity contribution in [1.82, 2.24) is 0 Å². The van der Waals surface area contributed by atoms with Gasteiger partial charge < -0.3 is 5.32 Å². The van der Waals surface area contributed by atoms with Gasteiger partial charge in [-0.3, -0.25) is 9.59 Å². The quantitative estimate of drug-likeness (QED) is 0.673. The number of hydrogen-bond donors (Lipinski definition) is 1. The molecular formula is C13H12BrNO2. The van der Waals surface area contributed by atoms with E-state index in [1.807, 2.05) is 24.3 Å². The summed E-state index contributed by atoms with van der Waals surface area (Å²) in [5.41, 5.74) is 1.14. The van der Waals surface area contributed by atoms with Crippen LogP contribution in [0.25, 0.3) is 0 Å². The van der Waals surface area contributed by atoms with Crippen LogP contribution in [0.2, 0.25) is 0 Å². The fourth-order valence-electron chi connectivity index (χ4n) is 1.70. The lowest BCUT2D eigenvalue weighted by Gasteiger charge is -2.11. The average Bonchev–Trinajstić information content (AvgIpc) is 2.31. The first-order chi connectivity index (χ1) is 8.16. The zero-order chi connectivity index (χ0) is 12.3. The summed E-state index contributed by atoms with van der Waals surface area (Å²) in [7, 11) is 0. The third kappa shape index (κ3) is 3.03. The molecule has 0 aliphatic heterocycles. The molecule has 1 N–H and O–H groups in total. The number of rotatable bonds is 2. The number of allylic oxidation sites excluding steroid dienone is 1.